The van der Waals surface area contributed by atoms with Gasteiger partial charge in [-0.05, 0) is 29.0 Å². The molecule has 0 aromatic carbocycles. The number of hydrogen-bond donors (Lipinski definition) is 1. The quantitative estimate of drug-likeness (QED) is 0.330. The topological polar surface area (TPSA) is 113 Å². The normalized spacial score (nSPS) is 11.3. The van der Waals surface area contributed by atoms with Crippen LogP contribution in [-0.2, 0) is 0 Å². The Morgan fingerprint density at radius 2 is 2.27 bits per heavy atom. The number of nitrogens with zero attached hydrogens (tertiary/aromatic N) is 4. The summed E-state index contributed by atoms with van der Waals surface area (Å²) in [6, 6.07) is 6.62. The van der Waals surface area contributed by atoms with E-state index < -0.39 is 4.92 Å². The molecule has 22 heavy (non-hydrogen) atoms. The van der Waals surface area contributed by atoms with Gasteiger partial charge in [-0.25, -0.2) is 4.68 Å². The molecule has 0 saturated heterocycles. The Morgan fingerprint density at radius 3 is 2.95 bits per heavy atom. The molecule has 0 fully saturated rings. The molecule has 0 saturated carbocycles. The highest BCUT2D eigenvalue weighted by Gasteiger charge is 2.12. The Kier molecular flexibility index (Phi) is 3.94. The van der Waals surface area contributed by atoms with Crippen molar-refractivity contribution in [2.24, 2.45) is 0 Å². The molecular weight excluding hydrogens is 326 g/mol. The second-order valence-electron chi connectivity index (χ2n) is 4.01. The summed E-state index contributed by atoms with van der Waals surface area (Å²) in [7, 11) is 0. The first-order valence-corrected chi connectivity index (χ1v) is 7.73. The molecule has 10 heteroatoms. The molecule has 3 aromatic rings. The van der Waals surface area contributed by atoms with Crippen molar-refractivity contribution >= 4 is 35.1 Å². The summed E-state index contributed by atoms with van der Waals surface area (Å²) in [5, 5.41) is 22.7. The lowest BCUT2D eigenvalue weighted by atomic mass is 10.4. The van der Waals surface area contributed by atoms with Crippen LogP contribution in [0.4, 0.5) is 5.88 Å². The van der Waals surface area contributed by atoms with Crippen LogP contribution in [0.3, 0.4) is 0 Å². The lowest BCUT2D eigenvalue weighted by Gasteiger charge is -1.98. The molecular formula is C12H9N5O3S2. The van der Waals surface area contributed by atoms with Crippen LogP contribution >= 0.6 is 23.1 Å². The molecule has 0 amide bonds. The maximum Gasteiger partial charge on any atom is 0.433 e. The van der Waals surface area contributed by atoms with Gasteiger partial charge in [-0.2, -0.15) is 0 Å². The van der Waals surface area contributed by atoms with Gasteiger partial charge in [0.1, 0.15) is 10.7 Å². The molecule has 0 radical (unpaired) electrons. The van der Waals surface area contributed by atoms with Crippen molar-refractivity contribution in [3.63, 3.8) is 0 Å². The monoisotopic (exact) mass is 335 g/mol. The summed E-state index contributed by atoms with van der Waals surface area (Å²) in [6.45, 7) is 0. The summed E-state index contributed by atoms with van der Waals surface area (Å²) >= 11 is 2.76. The first kappa shape index (κ1) is 14.4. The highest BCUT2D eigenvalue weighted by molar-refractivity contribution is 8.02. The van der Waals surface area contributed by atoms with E-state index in [1.807, 2.05) is 17.5 Å². The molecule has 0 bridgehead atoms. The van der Waals surface area contributed by atoms with Gasteiger partial charge >= 0.3 is 5.88 Å². The molecule has 0 aliphatic heterocycles. The smallest absolute Gasteiger partial charge is 0.401 e. The predicted molar refractivity (Wildman–Crippen MR) is 83.7 cm³/mol. The van der Waals surface area contributed by atoms with Crippen LogP contribution in [0.1, 0.15) is 5.76 Å². The first-order chi connectivity index (χ1) is 10.6. The van der Waals surface area contributed by atoms with Gasteiger partial charge in [0.15, 0.2) is 5.82 Å². The van der Waals surface area contributed by atoms with Gasteiger partial charge in [0.2, 0.25) is 5.16 Å². The third-order valence-electron chi connectivity index (χ3n) is 2.60. The van der Waals surface area contributed by atoms with E-state index in [1.165, 1.54) is 39.9 Å². The molecule has 0 aliphatic carbocycles. The predicted octanol–water partition coefficient (Wildman–Crippen LogP) is 2.98. The van der Waals surface area contributed by atoms with E-state index in [2.05, 4.69) is 10.2 Å². The first-order valence-electron chi connectivity index (χ1n) is 5.97. The molecule has 0 spiro atoms. The fraction of sp³-hybridized carbons (Fsp3) is 0. The third kappa shape index (κ3) is 2.87. The van der Waals surface area contributed by atoms with Crippen LogP contribution in [0, 0.1) is 10.1 Å². The minimum Gasteiger partial charge on any atom is -0.401 e. The van der Waals surface area contributed by atoms with Gasteiger partial charge in [-0.15, -0.1) is 21.5 Å². The number of hydrogen-bond acceptors (Lipinski definition) is 8. The second kappa shape index (κ2) is 6.03. The van der Waals surface area contributed by atoms with Crippen LogP contribution in [0.15, 0.2) is 44.6 Å². The second-order valence-corrected chi connectivity index (χ2v) is 5.83. The van der Waals surface area contributed by atoms with Crippen LogP contribution in [-0.4, -0.2) is 19.8 Å². The van der Waals surface area contributed by atoms with Gasteiger partial charge in [0.05, 0.1) is 10.9 Å². The maximum atomic E-state index is 10.5. The van der Waals surface area contributed by atoms with Gasteiger partial charge in [-0.1, -0.05) is 17.8 Å². The zero-order valence-corrected chi connectivity index (χ0v) is 12.6. The van der Waals surface area contributed by atoms with Gasteiger partial charge < -0.3 is 10.3 Å². The Bertz CT molecular complexity index is 822. The average molecular weight is 335 g/mol. The standard InChI is InChI=1S/C12H9N5O3S2/c13-16-11(9-2-1-6-21-9)14-15-12(16)22-7-5-8-3-4-10(20-8)17(18)19/h1-7H,13H2/b7-5+. The van der Waals surface area contributed by atoms with E-state index in [0.717, 1.165) is 4.88 Å². The van der Waals surface area contributed by atoms with Gasteiger partial charge in [-0.3, -0.25) is 10.1 Å². The Labute approximate surface area is 132 Å². The van der Waals surface area contributed by atoms with E-state index in [-0.39, 0.29) is 5.88 Å². The minimum atomic E-state index is -0.589. The molecule has 3 aromatic heterocycles. The summed E-state index contributed by atoms with van der Waals surface area (Å²) in [4.78, 5) is 10.8. The average Bonchev–Trinajstić information content (AvgIpc) is 3.20. The minimum absolute atomic E-state index is 0.299. The fourth-order valence-corrected chi connectivity index (χ4v) is 2.94. The Hall–Kier alpha value is -2.59. The van der Waals surface area contributed by atoms with Crippen LogP contribution in [0.5, 0.6) is 0 Å². The van der Waals surface area contributed by atoms with Crippen LogP contribution in [0.25, 0.3) is 16.8 Å². The van der Waals surface area contributed by atoms with Gasteiger partial charge in [0.25, 0.3) is 0 Å². The molecule has 0 atom stereocenters. The lowest BCUT2D eigenvalue weighted by molar-refractivity contribution is -0.402. The van der Waals surface area contributed by atoms with Crippen molar-refractivity contribution in [1.29, 1.82) is 0 Å². The molecule has 3 rings (SSSR count). The number of thiophene rings is 1. The number of aromatic nitrogens is 3. The van der Waals surface area contributed by atoms with E-state index in [0.29, 0.717) is 16.7 Å². The lowest BCUT2D eigenvalue weighted by Crippen LogP contribution is -2.10. The van der Waals surface area contributed by atoms with Crippen molar-refractivity contribution in [1.82, 2.24) is 14.9 Å². The SMILES string of the molecule is Nn1c(S/C=C/c2ccc([N+](=O)[O-])o2)nnc1-c1cccs1. The van der Waals surface area contributed by atoms with E-state index in [1.54, 1.807) is 11.5 Å². The molecule has 3 heterocycles. The summed E-state index contributed by atoms with van der Waals surface area (Å²) < 4.78 is 6.40. The van der Waals surface area contributed by atoms with Gasteiger partial charge in [0, 0.05) is 0 Å². The molecule has 2 N–H and O–H groups in total. The molecule has 112 valence electrons. The number of rotatable bonds is 5. The van der Waals surface area contributed by atoms with Crippen molar-refractivity contribution < 1.29 is 9.34 Å². The molecule has 0 aliphatic rings. The number of nitrogen functional groups attached to an aromatic ring is 1. The number of thioether (sulfide) groups is 1. The summed E-state index contributed by atoms with van der Waals surface area (Å²) in [5.41, 5.74) is 0. The fourth-order valence-electron chi connectivity index (χ4n) is 1.62. The largest absolute Gasteiger partial charge is 0.433 e. The van der Waals surface area contributed by atoms with E-state index in [4.69, 9.17) is 10.3 Å². The number of furan rings is 1. The highest BCUT2D eigenvalue weighted by atomic mass is 32.2. The van der Waals surface area contributed by atoms with Crippen molar-refractivity contribution in [2.75, 3.05) is 5.84 Å². The van der Waals surface area contributed by atoms with Crippen LogP contribution in [0.2, 0.25) is 0 Å². The molecule has 0 unspecified atom stereocenters. The number of nitrogens with two attached hydrogens (primary N) is 1. The van der Waals surface area contributed by atoms with Crippen molar-refractivity contribution in [2.45, 2.75) is 5.16 Å². The zero-order chi connectivity index (χ0) is 15.5. The third-order valence-corrected chi connectivity index (χ3v) is 4.23. The maximum absolute atomic E-state index is 10.5. The van der Waals surface area contributed by atoms with Crippen molar-refractivity contribution in [3.8, 4) is 10.7 Å². The Balaban J connectivity index is 1.71. The van der Waals surface area contributed by atoms with Crippen LogP contribution < -0.4 is 5.84 Å². The molecule has 8 nitrogen and oxygen atoms in total. The Morgan fingerprint density at radius 1 is 1.41 bits per heavy atom. The summed E-state index contributed by atoms with van der Waals surface area (Å²) in [5.74, 6) is 6.61. The zero-order valence-electron chi connectivity index (χ0n) is 10.9. The summed E-state index contributed by atoms with van der Waals surface area (Å²) in [6.07, 6.45) is 1.59. The number of nitro groups is 1. The van der Waals surface area contributed by atoms with E-state index >= 15 is 0 Å². The highest BCUT2D eigenvalue weighted by Crippen LogP contribution is 2.26. The van der Waals surface area contributed by atoms with E-state index in [9.17, 15) is 10.1 Å². The van der Waals surface area contributed by atoms with Crippen molar-refractivity contribution in [3.05, 3.63) is 50.9 Å².